The Hall–Kier alpha value is -3.55. The molecule has 8 nitrogen and oxygen atoms in total. The van der Waals surface area contributed by atoms with Gasteiger partial charge in [-0.3, -0.25) is 29.4 Å². The monoisotopic (exact) mass is 367 g/mol. The number of nitro groups is 1. The molecule has 0 fully saturated rings. The third-order valence-electron chi connectivity index (χ3n) is 4.45. The number of carbonyl (C=O) groups is 3. The minimum absolute atomic E-state index is 0.0538. The number of nitro benzene ring substituents is 1. The summed E-state index contributed by atoms with van der Waals surface area (Å²) in [6, 6.07) is 11.6. The van der Waals surface area contributed by atoms with Crippen LogP contribution in [-0.4, -0.2) is 40.6 Å². The Kier molecular flexibility index (Phi) is 4.98. The molecule has 2 aromatic rings. The fraction of sp³-hybridized carbons (Fsp3) is 0.211. The van der Waals surface area contributed by atoms with Gasteiger partial charge in [0.15, 0.2) is 0 Å². The summed E-state index contributed by atoms with van der Waals surface area (Å²) < 4.78 is 0. The zero-order chi connectivity index (χ0) is 19.6. The second kappa shape index (κ2) is 7.36. The minimum atomic E-state index is -0.823. The van der Waals surface area contributed by atoms with E-state index in [1.54, 1.807) is 0 Å². The van der Waals surface area contributed by atoms with Gasteiger partial charge in [0.25, 0.3) is 17.5 Å². The normalized spacial score (nSPS) is 12.9. The van der Waals surface area contributed by atoms with E-state index < -0.39 is 34.9 Å². The van der Waals surface area contributed by atoms with Gasteiger partial charge in [-0.1, -0.05) is 30.3 Å². The lowest BCUT2D eigenvalue weighted by Gasteiger charge is -2.13. The summed E-state index contributed by atoms with van der Waals surface area (Å²) in [5.41, 5.74) is 1.45. The smallest absolute Gasteiger partial charge is 0.282 e. The van der Waals surface area contributed by atoms with E-state index in [4.69, 9.17) is 0 Å². The summed E-state index contributed by atoms with van der Waals surface area (Å²) in [4.78, 5) is 48.0. The van der Waals surface area contributed by atoms with Crippen molar-refractivity contribution in [3.63, 3.8) is 0 Å². The van der Waals surface area contributed by atoms with E-state index in [1.165, 1.54) is 12.1 Å². The largest absolute Gasteiger partial charge is 0.354 e. The Balaban J connectivity index is 1.64. The maximum atomic E-state index is 12.4. The summed E-state index contributed by atoms with van der Waals surface area (Å²) in [6.07, 6.45) is 0.617. The lowest BCUT2D eigenvalue weighted by molar-refractivity contribution is -0.385. The molecule has 0 aromatic heterocycles. The number of nitrogens with zero attached hydrogens (tertiary/aromatic N) is 2. The second-order valence-electron chi connectivity index (χ2n) is 6.18. The van der Waals surface area contributed by atoms with Crippen molar-refractivity contribution in [2.24, 2.45) is 0 Å². The molecule has 2 aromatic carbocycles. The van der Waals surface area contributed by atoms with Crippen LogP contribution in [0.25, 0.3) is 0 Å². The van der Waals surface area contributed by atoms with Crippen LogP contribution >= 0.6 is 0 Å². The molecular formula is C19H17N3O5. The van der Waals surface area contributed by atoms with E-state index in [1.807, 2.05) is 31.2 Å². The SMILES string of the molecule is Cc1ccccc1CCNC(=O)CN1C(=O)c2cccc([N+](=O)[O-])c2C1=O. The van der Waals surface area contributed by atoms with Crippen molar-refractivity contribution in [1.82, 2.24) is 10.2 Å². The van der Waals surface area contributed by atoms with Gasteiger partial charge in [-0.05, 0) is 30.5 Å². The molecule has 0 atom stereocenters. The third kappa shape index (κ3) is 3.55. The first kappa shape index (κ1) is 18.2. The maximum absolute atomic E-state index is 12.4. The lowest BCUT2D eigenvalue weighted by atomic mass is 10.1. The van der Waals surface area contributed by atoms with E-state index in [2.05, 4.69) is 5.32 Å². The summed E-state index contributed by atoms with van der Waals surface area (Å²) in [5.74, 6) is -2.02. The van der Waals surface area contributed by atoms with Crippen molar-refractivity contribution in [3.05, 3.63) is 74.8 Å². The summed E-state index contributed by atoms with van der Waals surface area (Å²) in [7, 11) is 0. The number of hydrogen-bond acceptors (Lipinski definition) is 5. The molecule has 1 heterocycles. The predicted octanol–water partition coefficient (Wildman–Crippen LogP) is 1.86. The van der Waals surface area contributed by atoms with Gasteiger partial charge in [0.2, 0.25) is 5.91 Å². The highest BCUT2D eigenvalue weighted by Crippen LogP contribution is 2.30. The molecule has 3 rings (SSSR count). The first-order chi connectivity index (χ1) is 12.9. The fourth-order valence-electron chi connectivity index (χ4n) is 3.04. The molecule has 1 N–H and O–H groups in total. The predicted molar refractivity (Wildman–Crippen MR) is 96.4 cm³/mol. The molecule has 0 radical (unpaired) electrons. The van der Waals surface area contributed by atoms with Gasteiger partial charge in [0.1, 0.15) is 12.1 Å². The van der Waals surface area contributed by atoms with E-state index in [9.17, 15) is 24.5 Å². The Bertz CT molecular complexity index is 954. The van der Waals surface area contributed by atoms with Crippen molar-refractivity contribution in [3.8, 4) is 0 Å². The maximum Gasteiger partial charge on any atom is 0.282 e. The van der Waals surface area contributed by atoms with E-state index >= 15 is 0 Å². The van der Waals surface area contributed by atoms with Crippen LogP contribution in [0, 0.1) is 17.0 Å². The van der Waals surface area contributed by atoms with Crippen molar-refractivity contribution >= 4 is 23.4 Å². The van der Waals surface area contributed by atoms with Crippen LogP contribution < -0.4 is 5.32 Å². The van der Waals surface area contributed by atoms with Crippen molar-refractivity contribution in [1.29, 1.82) is 0 Å². The molecular weight excluding hydrogens is 350 g/mol. The molecule has 0 saturated carbocycles. The number of benzene rings is 2. The number of nitrogens with one attached hydrogen (secondary N) is 1. The van der Waals surface area contributed by atoms with Crippen LogP contribution in [0.2, 0.25) is 0 Å². The van der Waals surface area contributed by atoms with E-state index in [0.717, 1.165) is 22.1 Å². The summed E-state index contributed by atoms with van der Waals surface area (Å²) >= 11 is 0. The number of amides is 3. The summed E-state index contributed by atoms with van der Waals surface area (Å²) in [6.45, 7) is 1.85. The number of hydrogen-bond donors (Lipinski definition) is 1. The number of rotatable bonds is 6. The Morgan fingerprint density at radius 3 is 2.56 bits per heavy atom. The molecule has 138 valence electrons. The molecule has 1 aliphatic rings. The second-order valence-corrected chi connectivity index (χ2v) is 6.18. The quantitative estimate of drug-likeness (QED) is 0.476. The first-order valence-electron chi connectivity index (χ1n) is 8.35. The van der Waals surface area contributed by atoms with Gasteiger partial charge >= 0.3 is 0 Å². The van der Waals surface area contributed by atoms with Crippen molar-refractivity contribution in [2.75, 3.05) is 13.1 Å². The molecule has 1 aliphatic heterocycles. The molecule has 3 amide bonds. The molecule has 0 saturated heterocycles. The average Bonchev–Trinajstić information content (AvgIpc) is 2.88. The molecule has 27 heavy (non-hydrogen) atoms. The van der Waals surface area contributed by atoms with Gasteiger partial charge < -0.3 is 5.32 Å². The molecule has 0 aliphatic carbocycles. The standard InChI is InChI=1S/C19H17N3O5/c1-12-5-2-3-6-13(12)9-10-20-16(23)11-21-18(24)14-7-4-8-15(22(26)27)17(14)19(21)25/h2-8H,9-11H2,1H3,(H,20,23). The zero-order valence-corrected chi connectivity index (χ0v) is 14.6. The van der Waals surface area contributed by atoms with Crippen molar-refractivity contribution < 1.29 is 19.3 Å². The highest BCUT2D eigenvalue weighted by Gasteiger charge is 2.41. The molecule has 8 heteroatoms. The molecule has 0 bridgehead atoms. The van der Waals surface area contributed by atoms with Crippen LogP contribution in [0.15, 0.2) is 42.5 Å². The fourth-order valence-corrected chi connectivity index (χ4v) is 3.04. The lowest BCUT2D eigenvalue weighted by Crippen LogP contribution is -2.40. The van der Waals surface area contributed by atoms with E-state index in [-0.39, 0.29) is 11.1 Å². The van der Waals surface area contributed by atoms with E-state index in [0.29, 0.717) is 13.0 Å². The minimum Gasteiger partial charge on any atom is -0.354 e. The van der Waals surface area contributed by atoms with Crippen LogP contribution in [0.4, 0.5) is 5.69 Å². The van der Waals surface area contributed by atoms with Gasteiger partial charge in [-0.2, -0.15) is 0 Å². The van der Waals surface area contributed by atoms with Crippen LogP contribution in [0.5, 0.6) is 0 Å². The highest BCUT2D eigenvalue weighted by molar-refractivity contribution is 6.24. The molecule has 0 spiro atoms. The molecule has 0 unspecified atom stereocenters. The van der Waals surface area contributed by atoms with Gasteiger partial charge in [-0.25, -0.2) is 0 Å². The Labute approximate surface area is 154 Å². The summed E-state index contributed by atoms with van der Waals surface area (Å²) in [5, 5.41) is 13.8. The van der Waals surface area contributed by atoms with Crippen LogP contribution in [0.3, 0.4) is 0 Å². The first-order valence-corrected chi connectivity index (χ1v) is 8.35. The van der Waals surface area contributed by atoms with Gasteiger partial charge in [0, 0.05) is 12.6 Å². The van der Waals surface area contributed by atoms with Gasteiger partial charge in [-0.15, -0.1) is 0 Å². The number of carbonyl (C=O) groups excluding carboxylic acids is 3. The average molecular weight is 367 g/mol. The topological polar surface area (TPSA) is 110 Å². The number of fused-ring (bicyclic) bond motifs is 1. The zero-order valence-electron chi connectivity index (χ0n) is 14.6. The highest BCUT2D eigenvalue weighted by atomic mass is 16.6. The Morgan fingerprint density at radius 1 is 1.11 bits per heavy atom. The Morgan fingerprint density at radius 2 is 1.85 bits per heavy atom. The number of aryl methyl sites for hydroxylation is 1. The third-order valence-corrected chi connectivity index (χ3v) is 4.45. The van der Waals surface area contributed by atoms with Crippen molar-refractivity contribution in [2.45, 2.75) is 13.3 Å². The number of imide groups is 1. The van der Waals surface area contributed by atoms with Gasteiger partial charge in [0.05, 0.1) is 10.5 Å². The van der Waals surface area contributed by atoms with Crippen LogP contribution in [-0.2, 0) is 11.2 Å². The van der Waals surface area contributed by atoms with Crippen LogP contribution in [0.1, 0.15) is 31.8 Å².